The summed E-state index contributed by atoms with van der Waals surface area (Å²) in [5.74, 6) is 0.579. The zero-order valence-corrected chi connectivity index (χ0v) is 6.90. The molecule has 0 aliphatic rings. The van der Waals surface area contributed by atoms with E-state index < -0.39 is 0 Å². The Kier molecular flexibility index (Phi) is 3.29. The highest BCUT2D eigenvalue weighted by atomic mass is 16.5. The van der Waals surface area contributed by atoms with Crippen LogP contribution in [0.1, 0.15) is 5.69 Å². The molecule has 0 saturated heterocycles. The third kappa shape index (κ3) is 2.36. The fourth-order valence-corrected chi connectivity index (χ4v) is 0.811. The molecule has 12 heavy (non-hydrogen) atoms. The van der Waals surface area contributed by atoms with Gasteiger partial charge in [0.15, 0.2) is 0 Å². The van der Waals surface area contributed by atoms with Gasteiger partial charge >= 0.3 is 0 Å². The van der Waals surface area contributed by atoms with Crippen molar-refractivity contribution < 1.29 is 9.84 Å². The van der Waals surface area contributed by atoms with Crippen LogP contribution in [-0.2, 0) is 0 Å². The second kappa shape index (κ2) is 4.51. The van der Waals surface area contributed by atoms with E-state index in [4.69, 9.17) is 9.84 Å². The molecule has 3 nitrogen and oxygen atoms in total. The van der Waals surface area contributed by atoms with Crippen LogP contribution in [0.25, 0.3) is 6.08 Å². The fraction of sp³-hybridized carbons (Fsp3) is 0.222. The predicted octanol–water partition coefficient (Wildman–Crippen LogP) is 1.10. The Labute approximate surface area is 71.3 Å². The van der Waals surface area contributed by atoms with Crippen LogP contribution in [0.15, 0.2) is 24.3 Å². The van der Waals surface area contributed by atoms with Gasteiger partial charge in [0.2, 0.25) is 5.88 Å². The van der Waals surface area contributed by atoms with Gasteiger partial charge in [0.05, 0.1) is 19.4 Å². The molecule has 0 aliphatic carbocycles. The lowest BCUT2D eigenvalue weighted by Crippen LogP contribution is -1.88. The van der Waals surface area contributed by atoms with Crippen molar-refractivity contribution in [3.63, 3.8) is 0 Å². The number of methoxy groups -OCH3 is 1. The summed E-state index contributed by atoms with van der Waals surface area (Å²) in [6, 6.07) is 5.47. The maximum Gasteiger partial charge on any atom is 0.213 e. The maximum atomic E-state index is 8.51. The van der Waals surface area contributed by atoms with Crippen LogP contribution in [0.2, 0.25) is 0 Å². The molecule has 0 aliphatic heterocycles. The van der Waals surface area contributed by atoms with Crippen molar-refractivity contribution in [1.29, 1.82) is 0 Å². The van der Waals surface area contributed by atoms with Gasteiger partial charge in [0, 0.05) is 6.07 Å². The third-order valence-electron chi connectivity index (χ3n) is 1.35. The van der Waals surface area contributed by atoms with Gasteiger partial charge in [-0.2, -0.15) is 0 Å². The predicted molar refractivity (Wildman–Crippen MR) is 46.9 cm³/mol. The Bertz CT molecular complexity index is 271. The summed E-state index contributed by atoms with van der Waals surface area (Å²) < 4.78 is 4.93. The van der Waals surface area contributed by atoms with E-state index in [1.807, 2.05) is 12.1 Å². The summed E-state index contributed by atoms with van der Waals surface area (Å²) in [6.07, 6.45) is 3.37. The van der Waals surface area contributed by atoms with Gasteiger partial charge in [-0.05, 0) is 12.1 Å². The van der Waals surface area contributed by atoms with Crippen molar-refractivity contribution in [2.24, 2.45) is 0 Å². The number of aliphatic hydroxyl groups excluding tert-OH is 1. The number of rotatable bonds is 3. The number of hydrogen-bond donors (Lipinski definition) is 1. The zero-order chi connectivity index (χ0) is 8.81. The standard InChI is InChI=1S/C9H11NO2/c1-12-9-6-2-4-8(10-9)5-3-7-11/h2-6,11H,7H2,1H3/b5-3+. The average molecular weight is 165 g/mol. The molecule has 0 amide bonds. The van der Waals surface area contributed by atoms with E-state index >= 15 is 0 Å². The number of aromatic nitrogens is 1. The summed E-state index contributed by atoms with van der Waals surface area (Å²) in [6.45, 7) is 0.0267. The van der Waals surface area contributed by atoms with E-state index in [1.54, 1.807) is 25.3 Å². The lowest BCUT2D eigenvalue weighted by Gasteiger charge is -1.98. The lowest BCUT2D eigenvalue weighted by atomic mass is 10.3. The SMILES string of the molecule is COc1cccc(/C=C/CO)n1. The van der Waals surface area contributed by atoms with Crippen LogP contribution in [0, 0.1) is 0 Å². The Morgan fingerprint density at radius 1 is 1.58 bits per heavy atom. The lowest BCUT2D eigenvalue weighted by molar-refractivity contribution is 0.343. The van der Waals surface area contributed by atoms with Crippen molar-refractivity contribution >= 4 is 6.08 Å². The molecular weight excluding hydrogens is 154 g/mol. The summed E-state index contributed by atoms with van der Waals surface area (Å²) >= 11 is 0. The Morgan fingerprint density at radius 3 is 3.08 bits per heavy atom. The minimum Gasteiger partial charge on any atom is -0.481 e. The quantitative estimate of drug-likeness (QED) is 0.729. The first-order valence-electron chi connectivity index (χ1n) is 3.65. The minimum absolute atomic E-state index is 0.0267. The molecule has 0 atom stereocenters. The molecule has 0 radical (unpaired) electrons. The van der Waals surface area contributed by atoms with Gasteiger partial charge in [0.1, 0.15) is 0 Å². The molecular formula is C9H11NO2. The van der Waals surface area contributed by atoms with Gasteiger partial charge in [-0.3, -0.25) is 0 Å². The largest absolute Gasteiger partial charge is 0.481 e. The molecule has 0 spiro atoms. The molecule has 0 bridgehead atoms. The van der Waals surface area contributed by atoms with E-state index in [1.165, 1.54) is 0 Å². The highest BCUT2D eigenvalue weighted by Gasteiger charge is 1.91. The normalized spacial score (nSPS) is 10.5. The molecule has 0 unspecified atom stereocenters. The molecule has 0 fully saturated rings. The van der Waals surface area contributed by atoms with Crippen LogP contribution < -0.4 is 4.74 Å². The van der Waals surface area contributed by atoms with Crippen LogP contribution in [0.5, 0.6) is 5.88 Å². The molecule has 64 valence electrons. The van der Waals surface area contributed by atoms with Crippen LogP contribution >= 0.6 is 0 Å². The van der Waals surface area contributed by atoms with Crippen LogP contribution in [-0.4, -0.2) is 23.8 Å². The van der Waals surface area contributed by atoms with E-state index in [9.17, 15) is 0 Å². The molecule has 1 N–H and O–H groups in total. The van der Waals surface area contributed by atoms with Crippen molar-refractivity contribution in [1.82, 2.24) is 4.98 Å². The number of hydrogen-bond acceptors (Lipinski definition) is 3. The highest BCUT2D eigenvalue weighted by Crippen LogP contribution is 2.07. The molecule has 0 saturated carbocycles. The highest BCUT2D eigenvalue weighted by molar-refractivity contribution is 5.45. The molecule has 0 aromatic carbocycles. The van der Waals surface area contributed by atoms with E-state index in [2.05, 4.69) is 4.98 Å². The number of nitrogens with zero attached hydrogens (tertiary/aromatic N) is 1. The number of aliphatic hydroxyl groups is 1. The topological polar surface area (TPSA) is 42.4 Å². The molecule has 3 heteroatoms. The Morgan fingerprint density at radius 2 is 2.42 bits per heavy atom. The minimum atomic E-state index is 0.0267. The second-order valence-electron chi connectivity index (χ2n) is 2.19. The van der Waals surface area contributed by atoms with Crippen molar-refractivity contribution in [2.75, 3.05) is 13.7 Å². The first-order chi connectivity index (χ1) is 5.86. The van der Waals surface area contributed by atoms with Gasteiger partial charge in [-0.15, -0.1) is 0 Å². The fourth-order valence-electron chi connectivity index (χ4n) is 0.811. The van der Waals surface area contributed by atoms with Gasteiger partial charge in [-0.25, -0.2) is 4.98 Å². The monoisotopic (exact) mass is 165 g/mol. The molecule has 1 aromatic heterocycles. The third-order valence-corrected chi connectivity index (χ3v) is 1.35. The second-order valence-corrected chi connectivity index (χ2v) is 2.19. The first-order valence-corrected chi connectivity index (χ1v) is 3.65. The Balaban J connectivity index is 2.79. The average Bonchev–Trinajstić information content (AvgIpc) is 2.15. The van der Waals surface area contributed by atoms with Gasteiger partial charge < -0.3 is 9.84 Å². The van der Waals surface area contributed by atoms with E-state index in [0.29, 0.717) is 5.88 Å². The molecule has 1 heterocycles. The summed E-state index contributed by atoms with van der Waals surface area (Å²) in [4.78, 5) is 4.11. The smallest absolute Gasteiger partial charge is 0.213 e. The summed E-state index contributed by atoms with van der Waals surface area (Å²) in [7, 11) is 1.57. The summed E-state index contributed by atoms with van der Waals surface area (Å²) in [5, 5.41) is 8.51. The van der Waals surface area contributed by atoms with E-state index in [-0.39, 0.29) is 6.61 Å². The van der Waals surface area contributed by atoms with Crippen LogP contribution in [0.4, 0.5) is 0 Å². The van der Waals surface area contributed by atoms with Gasteiger partial charge in [-0.1, -0.05) is 12.1 Å². The zero-order valence-electron chi connectivity index (χ0n) is 6.90. The molecule has 1 rings (SSSR count). The van der Waals surface area contributed by atoms with Gasteiger partial charge in [0.25, 0.3) is 0 Å². The van der Waals surface area contributed by atoms with Crippen molar-refractivity contribution in [2.45, 2.75) is 0 Å². The molecule has 1 aromatic rings. The number of ether oxygens (including phenoxy) is 1. The van der Waals surface area contributed by atoms with Crippen molar-refractivity contribution in [3.05, 3.63) is 30.0 Å². The summed E-state index contributed by atoms with van der Waals surface area (Å²) in [5.41, 5.74) is 0.781. The van der Waals surface area contributed by atoms with Crippen molar-refractivity contribution in [3.8, 4) is 5.88 Å². The van der Waals surface area contributed by atoms with Crippen LogP contribution in [0.3, 0.4) is 0 Å². The number of pyridine rings is 1. The maximum absolute atomic E-state index is 8.51. The Hall–Kier alpha value is -1.35. The van der Waals surface area contributed by atoms with E-state index in [0.717, 1.165) is 5.69 Å². The first kappa shape index (κ1) is 8.74.